The molecule has 2 saturated heterocycles. The van der Waals surface area contributed by atoms with Crippen molar-refractivity contribution in [2.75, 3.05) is 24.1 Å². The first kappa shape index (κ1) is 15.3. The van der Waals surface area contributed by atoms with Crippen LogP contribution in [0.1, 0.15) is 23.5 Å². The van der Waals surface area contributed by atoms with E-state index in [2.05, 4.69) is 28.4 Å². The number of methoxy groups -OCH3 is 1. The largest absolute Gasteiger partial charge is 0.497 e. The molecule has 0 radical (unpaired) electrons. The number of rotatable bonds is 2. The number of thioether (sulfide) groups is 1. The smallest absolute Gasteiger partial charge is 0.249 e. The Morgan fingerprint density at radius 3 is 2.80 bits per heavy atom. The SMILES string of the molecule is COc1ccc([C@H]2C[C@@]3(C(=O)Nc4ccccc43)N3CSC[C@H]23)cc1. The Morgan fingerprint density at radius 2 is 2.00 bits per heavy atom. The molecule has 2 aromatic rings. The van der Waals surface area contributed by atoms with Crippen LogP contribution in [-0.2, 0) is 10.3 Å². The minimum absolute atomic E-state index is 0.136. The molecular weight excluding hydrogens is 332 g/mol. The zero-order valence-corrected chi connectivity index (χ0v) is 14.9. The molecular formula is C20H20N2O2S. The minimum atomic E-state index is -0.518. The molecule has 4 nitrogen and oxygen atoms in total. The van der Waals surface area contributed by atoms with Crippen molar-refractivity contribution in [1.82, 2.24) is 4.90 Å². The van der Waals surface area contributed by atoms with E-state index in [1.165, 1.54) is 5.56 Å². The maximum absolute atomic E-state index is 13.1. The van der Waals surface area contributed by atoms with Gasteiger partial charge in [0.2, 0.25) is 5.91 Å². The van der Waals surface area contributed by atoms with E-state index in [0.717, 1.165) is 35.1 Å². The number of hydrogen-bond donors (Lipinski definition) is 1. The molecule has 0 aromatic heterocycles. The normalized spacial score (nSPS) is 30.4. The van der Waals surface area contributed by atoms with Crippen molar-refractivity contribution < 1.29 is 9.53 Å². The summed E-state index contributed by atoms with van der Waals surface area (Å²) < 4.78 is 5.30. The molecule has 2 aromatic carbocycles. The fourth-order valence-electron chi connectivity index (χ4n) is 4.74. The summed E-state index contributed by atoms with van der Waals surface area (Å²) >= 11 is 1.93. The predicted octanol–water partition coefficient (Wildman–Crippen LogP) is 3.41. The van der Waals surface area contributed by atoms with Gasteiger partial charge in [-0.05, 0) is 30.2 Å². The molecule has 3 aliphatic rings. The lowest BCUT2D eigenvalue weighted by Crippen LogP contribution is -2.47. The molecule has 25 heavy (non-hydrogen) atoms. The van der Waals surface area contributed by atoms with E-state index >= 15 is 0 Å². The van der Waals surface area contributed by atoms with Gasteiger partial charge in [-0.3, -0.25) is 9.69 Å². The summed E-state index contributed by atoms with van der Waals surface area (Å²) in [5.74, 6) is 3.36. The highest BCUT2D eigenvalue weighted by molar-refractivity contribution is 7.99. The van der Waals surface area contributed by atoms with E-state index in [1.807, 2.05) is 42.1 Å². The third kappa shape index (κ3) is 2.02. The minimum Gasteiger partial charge on any atom is -0.497 e. The summed E-state index contributed by atoms with van der Waals surface area (Å²) in [5.41, 5.74) is 2.89. The number of ether oxygens (including phenoxy) is 1. The van der Waals surface area contributed by atoms with Gasteiger partial charge in [-0.25, -0.2) is 0 Å². The second-order valence-electron chi connectivity index (χ2n) is 6.98. The first-order valence-electron chi connectivity index (χ1n) is 8.63. The number of fused-ring (bicyclic) bond motifs is 4. The first-order chi connectivity index (χ1) is 12.2. The van der Waals surface area contributed by atoms with Crippen LogP contribution in [-0.4, -0.2) is 35.6 Å². The van der Waals surface area contributed by atoms with Gasteiger partial charge in [0.25, 0.3) is 0 Å². The number of carbonyl (C=O) groups excluding carboxylic acids is 1. The molecule has 1 amide bonds. The fraction of sp³-hybridized carbons (Fsp3) is 0.350. The fourth-order valence-corrected chi connectivity index (χ4v) is 6.10. The van der Waals surface area contributed by atoms with Crippen molar-refractivity contribution in [3.05, 3.63) is 59.7 Å². The molecule has 1 spiro atoms. The monoisotopic (exact) mass is 352 g/mol. The van der Waals surface area contributed by atoms with Crippen molar-refractivity contribution in [2.24, 2.45) is 0 Å². The molecule has 128 valence electrons. The lowest BCUT2D eigenvalue weighted by molar-refractivity contribution is -0.126. The maximum Gasteiger partial charge on any atom is 0.249 e. The first-order valence-corrected chi connectivity index (χ1v) is 9.79. The molecule has 5 rings (SSSR count). The van der Waals surface area contributed by atoms with Gasteiger partial charge in [0.1, 0.15) is 11.3 Å². The molecule has 3 heterocycles. The number of nitrogens with one attached hydrogen (secondary N) is 1. The van der Waals surface area contributed by atoms with E-state index in [1.54, 1.807) is 7.11 Å². The van der Waals surface area contributed by atoms with Crippen molar-refractivity contribution in [3.63, 3.8) is 0 Å². The number of anilines is 1. The van der Waals surface area contributed by atoms with Crippen molar-refractivity contribution in [1.29, 1.82) is 0 Å². The molecule has 3 aliphatic heterocycles. The second-order valence-corrected chi connectivity index (χ2v) is 7.98. The Kier molecular flexibility index (Phi) is 3.37. The predicted molar refractivity (Wildman–Crippen MR) is 100 cm³/mol. The number of amides is 1. The van der Waals surface area contributed by atoms with Crippen LogP contribution in [0.3, 0.4) is 0 Å². The number of para-hydroxylation sites is 1. The summed E-state index contributed by atoms with van der Waals surface area (Å²) in [6.07, 6.45) is 0.841. The van der Waals surface area contributed by atoms with Crippen LogP contribution in [0.4, 0.5) is 5.69 Å². The number of nitrogens with zero attached hydrogens (tertiary/aromatic N) is 1. The molecule has 3 atom stereocenters. The molecule has 5 heteroatoms. The topological polar surface area (TPSA) is 41.6 Å². The molecule has 0 bridgehead atoms. The third-order valence-corrected chi connectivity index (χ3v) is 6.97. The van der Waals surface area contributed by atoms with Crippen LogP contribution in [0, 0.1) is 0 Å². The van der Waals surface area contributed by atoms with E-state index in [0.29, 0.717) is 12.0 Å². The summed E-state index contributed by atoms with van der Waals surface area (Å²) in [5, 5.41) is 3.12. The highest BCUT2D eigenvalue weighted by Gasteiger charge is 2.61. The summed E-state index contributed by atoms with van der Waals surface area (Å²) in [4.78, 5) is 15.5. The molecule has 0 saturated carbocycles. The van der Waals surface area contributed by atoms with Crippen molar-refractivity contribution in [3.8, 4) is 5.75 Å². The van der Waals surface area contributed by atoms with E-state index in [4.69, 9.17) is 4.74 Å². The van der Waals surface area contributed by atoms with E-state index in [-0.39, 0.29) is 5.91 Å². The van der Waals surface area contributed by atoms with Crippen molar-refractivity contribution >= 4 is 23.4 Å². The average Bonchev–Trinajstić information content (AvgIpc) is 3.31. The van der Waals surface area contributed by atoms with Crippen LogP contribution in [0.25, 0.3) is 0 Å². The maximum atomic E-state index is 13.1. The number of carbonyl (C=O) groups is 1. The number of benzene rings is 2. The lowest BCUT2D eigenvalue weighted by Gasteiger charge is -2.32. The summed E-state index contributed by atoms with van der Waals surface area (Å²) in [6, 6.07) is 16.9. The summed E-state index contributed by atoms with van der Waals surface area (Å²) in [7, 11) is 1.69. The van der Waals surface area contributed by atoms with Gasteiger partial charge in [0.15, 0.2) is 0 Å². The van der Waals surface area contributed by atoms with Crippen LogP contribution in [0.5, 0.6) is 5.75 Å². The highest BCUT2D eigenvalue weighted by Crippen LogP contribution is 2.57. The summed E-state index contributed by atoms with van der Waals surface area (Å²) in [6.45, 7) is 0. The lowest BCUT2D eigenvalue weighted by atomic mass is 9.83. The standard InChI is InChI=1S/C20H20N2O2S/c1-24-14-8-6-13(7-9-14)15-10-20(22-12-25-11-18(15)22)16-4-2-3-5-17(16)21-19(20)23/h2-9,15,18H,10-12H2,1H3,(H,21,23)/t15-,18-,20-/m1/s1. The average molecular weight is 352 g/mol. The van der Waals surface area contributed by atoms with Gasteiger partial charge in [0, 0.05) is 34.8 Å². The second kappa shape index (κ2) is 5.51. The Morgan fingerprint density at radius 1 is 1.20 bits per heavy atom. The van der Waals surface area contributed by atoms with Crippen LogP contribution < -0.4 is 10.1 Å². The van der Waals surface area contributed by atoms with Gasteiger partial charge >= 0.3 is 0 Å². The Bertz CT molecular complexity index is 838. The zero-order valence-electron chi connectivity index (χ0n) is 14.1. The van der Waals surface area contributed by atoms with Crippen LogP contribution in [0.15, 0.2) is 48.5 Å². The van der Waals surface area contributed by atoms with Gasteiger partial charge in [0.05, 0.1) is 7.11 Å². The molecule has 2 fully saturated rings. The Hall–Kier alpha value is -1.98. The van der Waals surface area contributed by atoms with Gasteiger partial charge in [-0.1, -0.05) is 30.3 Å². The van der Waals surface area contributed by atoms with Crippen LogP contribution in [0.2, 0.25) is 0 Å². The highest BCUT2D eigenvalue weighted by atomic mass is 32.2. The van der Waals surface area contributed by atoms with E-state index in [9.17, 15) is 4.79 Å². The quantitative estimate of drug-likeness (QED) is 0.899. The van der Waals surface area contributed by atoms with Crippen molar-refractivity contribution in [2.45, 2.75) is 23.9 Å². The number of hydrogen-bond acceptors (Lipinski definition) is 4. The van der Waals surface area contributed by atoms with Gasteiger partial charge in [-0.2, -0.15) is 0 Å². The van der Waals surface area contributed by atoms with Crippen LogP contribution >= 0.6 is 11.8 Å². The van der Waals surface area contributed by atoms with E-state index < -0.39 is 5.54 Å². The molecule has 1 N–H and O–H groups in total. The Labute approximate surface area is 151 Å². The molecule has 0 aliphatic carbocycles. The van der Waals surface area contributed by atoms with Gasteiger partial charge in [-0.15, -0.1) is 11.8 Å². The zero-order chi connectivity index (χ0) is 17.0. The third-order valence-electron chi connectivity index (χ3n) is 5.93. The van der Waals surface area contributed by atoms with Gasteiger partial charge < -0.3 is 10.1 Å². The Balaban J connectivity index is 1.60. The molecule has 0 unspecified atom stereocenters.